The van der Waals surface area contributed by atoms with E-state index in [2.05, 4.69) is 18.0 Å². The van der Waals surface area contributed by atoms with Crippen molar-refractivity contribution in [3.8, 4) is 5.75 Å². The number of aromatic hydroxyl groups is 1. The van der Waals surface area contributed by atoms with E-state index >= 15 is 0 Å². The molecule has 1 unspecified atom stereocenters. The van der Waals surface area contributed by atoms with Gasteiger partial charge in [0, 0.05) is 22.3 Å². The first kappa shape index (κ1) is 14.0. The monoisotopic (exact) mass is 336 g/mol. The number of aromatic nitrogens is 1. The molecule has 5 heteroatoms. The number of amides is 1. The molecule has 5 rings (SSSR count). The summed E-state index contributed by atoms with van der Waals surface area (Å²) in [6.45, 7) is 2.77. The van der Waals surface area contributed by atoms with Crippen molar-refractivity contribution in [2.75, 3.05) is 6.54 Å². The molecule has 4 nitrogen and oxygen atoms in total. The Hall–Kier alpha value is -2.40. The van der Waals surface area contributed by atoms with Gasteiger partial charge in [0.2, 0.25) is 0 Å². The van der Waals surface area contributed by atoms with Gasteiger partial charge in [0.25, 0.3) is 5.91 Å². The van der Waals surface area contributed by atoms with Crippen molar-refractivity contribution in [2.45, 2.75) is 23.6 Å². The molecule has 0 aliphatic carbocycles. The summed E-state index contributed by atoms with van der Waals surface area (Å²) >= 11 is 1.74. The van der Waals surface area contributed by atoms with E-state index in [1.165, 1.54) is 5.56 Å². The Bertz CT molecular complexity index is 1010. The van der Waals surface area contributed by atoms with Crippen LogP contribution in [0.2, 0.25) is 0 Å². The molecule has 2 N–H and O–H groups in total. The molecule has 0 radical (unpaired) electrons. The minimum absolute atomic E-state index is 0.0237. The summed E-state index contributed by atoms with van der Waals surface area (Å²) in [7, 11) is 0. The first-order valence-electron chi connectivity index (χ1n) is 8.04. The first-order chi connectivity index (χ1) is 11.6. The second-order valence-corrected chi connectivity index (χ2v) is 7.51. The molecule has 0 bridgehead atoms. The third kappa shape index (κ3) is 1.79. The highest BCUT2D eigenvalue weighted by Gasteiger charge is 2.39. The largest absolute Gasteiger partial charge is 0.508 e. The summed E-state index contributed by atoms with van der Waals surface area (Å²) < 4.78 is 0. The number of rotatable bonds is 0. The minimum atomic E-state index is -0.0237. The van der Waals surface area contributed by atoms with Crippen molar-refractivity contribution < 1.29 is 9.90 Å². The van der Waals surface area contributed by atoms with Gasteiger partial charge in [0.1, 0.15) is 11.1 Å². The highest BCUT2D eigenvalue weighted by Crippen LogP contribution is 2.49. The van der Waals surface area contributed by atoms with E-state index in [1.54, 1.807) is 17.8 Å². The van der Waals surface area contributed by atoms with E-state index in [-0.39, 0.29) is 17.0 Å². The Balaban J connectivity index is 1.71. The molecule has 24 heavy (non-hydrogen) atoms. The Kier molecular flexibility index (Phi) is 2.80. The number of carbonyl (C=O) groups is 1. The molecule has 1 aromatic heterocycles. The third-order valence-corrected chi connectivity index (χ3v) is 6.48. The van der Waals surface area contributed by atoms with Gasteiger partial charge in [-0.05, 0) is 48.7 Å². The zero-order chi connectivity index (χ0) is 16.4. The van der Waals surface area contributed by atoms with Crippen LogP contribution in [0.3, 0.4) is 0 Å². The van der Waals surface area contributed by atoms with Crippen molar-refractivity contribution in [3.05, 3.63) is 58.8 Å². The number of thioether (sulfide) groups is 1. The van der Waals surface area contributed by atoms with E-state index in [9.17, 15) is 9.90 Å². The number of aromatic amines is 1. The van der Waals surface area contributed by atoms with Gasteiger partial charge in [0.15, 0.2) is 0 Å². The quantitative estimate of drug-likeness (QED) is 0.653. The Morgan fingerprint density at radius 2 is 2.17 bits per heavy atom. The SMILES string of the molecule is Cc1cccc2c1SC1c3[nH]c4ccc(O)cc4c3CCN1C2=O. The lowest BCUT2D eigenvalue weighted by molar-refractivity contribution is 0.0714. The fraction of sp³-hybridized carbons (Fsp3) is 0.211. The lowest BCUT2D eigenvalue weighted by Gasteiger charge is -2.39. The fourth-order valence-corrected chi connectivity index (χ4v) is 5.22. The molecule has 2 aliphatic heterocycles. The van der Waals surface area contributed by atoms with Crippen LogP contribution in [-0.2, 0) is 6.42 Å². The molecule has 0 saturated carbocycles. The van der Waals surface area contributed by atoms with Crippen molar-refractivity contribution in [3.63, 3.8) is 0 Å². The maximum atomic E-state index is 12.9. The van der Waals surface area contributed by atoms with Gasteiger partial charge in [0.05, 0.1) is 11.3 Å². The molecule has 0 fully saturated rings. The van der Waals surface area contributed by atoms with Crippen molar-refractivity contribution in [2.24, 2.45) is 0 Å². The van der Waals surface area contributed by atoms with Gasteiger partial charge in [-0.3, -0.25) is 4.79 Å². The predicted molar refractivity (Wildman–Crippen MR) is 94.5 cm³/mol. The lowest BCUT2D eigenvalue weighted by Crippen LogP contribution is -2.41. The second-order valence-electron chi connectivity index (χ2n) is 6.42. The number of benzene rings is 2. The standard InChI is InChI=1S/C19H16N2O2S/c1-10-3-2-4-13-17(10)24-19-16-12(7-8-21(19)18(13)23)14-9-11(22)5-6-15(14)20-16/h2-6,9,19-20,22H,7-8H2,1H3. The van der Waals surface area contributed by atoms with E-state index in [1.807, 2.05) is 29.2 Å². The topological polar surface area (TPSA) is 56.3 Å². The summed E-state index contributed by atoms with van der Waals surface area (Å²) in [5.74, 6) is 0.393. The van der Waals surface area contributed by atoms with Crippen LogP contribution in [-0.4, -0.2) is 27.4 Å². The molecule has 120 valence electrons. The Morgan fingerprint density at radius 1 is 1.29 bits per heavy atom. The van der Waals surface area contributed by atoms with Crippen molar-refractivity contribution >= 4 is 28.6 Å². The molecule has 2 aliphatic rings. The number of carbonyl (C=O) groups excluding carboxylic acids is 1. The van der Waals surface area contributed by atoms with Gasteiger partial charge < -0.3 is 15.0 Å². The number of H-pyrrole nitrogens is 1. The normalized spacial score (nSPS) is 19.1. The maximum absolute atomic E-state index is 12.9. The number of fused-ring (bicyclic) bond motifs is 6. The highest BCUT2D eigenvalue weighted by atomic mass is 32.2. The number of phenolic OH excluding ortho intramolecular Hbond substituents is 1. The summed E-state index contributed by atoms with van der Waals surface area (Å²) in [6.07, 6.45) is 0.808. The molecule has 0 saturated heterocycles. The van der Waals surface area contributed by atoms with Crippen LogP contribution in [0.1, 0.15) is 32.6 Å². The summed E-state index contributed by atoms with van der Waals surface area (Å²) in [5.41, 5.74) is 5.29. The number of nitrogens with one attached hydrogen (secondary N) is 1. The predicted octanol–water partition coefficient (Wildman–Crippen LogP) is 3.98. The van der Waals surface area contributed by atoms with Crippen LogP contribution in [0.4, 0.5) is 0 Å². The third-order valence-electron chi connectivity index (χ3n) is 4.99. The fourth-order valence-electron chi connectivity index (χ4n) is 3.82. The van der Waals surface area contributed by atoms with Crippen molar-refractivity contribution in [1.82, 2.24) is 9.88 Å². The summed E-state index contributed by atoms with van der Waals surface area (Å²) in [6, 6.07) is 11.3. The van der Waals surface area contributed by atoms with Crippen LogP contribution in [0.5, 0.6) is 5.75 Å². The summed E-state index contributed by atoms with van der Waals surface area (Å²) in [5, 5.41) is 10.8. The van der Waals surface area contributed by atoms with Gasteiger partial charge in [-0.2, -0.15) is 0 Å². The van der Waals surface area contributed by atoms with Gasteiger partial charge in [-0.1, -0.05) is 23.9 Å². The molecule has 2 aromatic carbocycles. The molecular formula is C19H16N2O2S. The van der Waals surface area contributed by atoms with E-state index in [0.717, 1.165) is 39.0 Å². The molecule has 1 amide bonds. The Labute approximate surface area is 143 Å². The average Bonchev–Trinajstić information content (AvgIpc) is 2.94. The maximum Gasteiger partial charge on any atom is 0.256 e. The van der Waals surface area contributed by atoms with Gasteiger partial charge >= 0.3 is 0 Å². The van der Waals surface area contributed by atoms with E-state index in [0.29, 0.717) is 6.54 Å². The molecule has 1 atom stereocenters. The zero-order valence-electron chi connectivity index (χ0n) is 13.2. The number of nitrogens with zero attached hydrogens (tertiary/aromatic N) is 1. The van der Waals surface area contributed by atoms with Crippen LogP contribution in [0.15, 0.2) is 41.3 Å². The molecule has 3 aromatic rings. The van der Waals surface area contributed by atoms with Crippen LogP contribution in [0, 0.1) is 6.92 Å². The van der Waals surface area contributed by atoms with Gasteiger partial charge in [-0.25, -0.2) is 0 Å². The number of phenols is 1. The first-order valence-corrected chi connectivity index (χ1v) is 8.92. The number of hydrogen-bond acceptors (Lipinski definition) is 3. The number of hydrogen-bond donors (Lipinski definition) is 2. The highest BCUT2D eigenvalue weighted by molar-refractivity contribution is 7.99. The van der Waals surface area contributed by atoms with Crippen LogP contribution in [0.25, 0.3) is 10.9 Å². The second kappa shape index (κ2) is 4.80. The number of aryl methyl sites for hydroxylation is 1. The molecule has 3 heterocycles. The van der Waals surface area contributed by atoms with E-state index < -0.39 is 0 Å². The minimum Gasteiger partial charge on any atom is -0.508 e. The lowest BCUT2D eigenvalue weighted by atomic mass is 10.0. The summed E-state index contributed by atoms with van der Waals surface area (Å²) in [4.78, 5) is 19.5. The molecule has 0 spiro atoms. The smallest absolute Gasteiger partial charge is 0.256 e. The zero-order valence-corrected chi connectivity index (χ0v) is 14.0. The van der Waals surface area contributed by atoms with Crippen LogP contribution >= 0.6 is 11.8 Å². The van der Waals surface area contributed by atoms with E-state index in [4.69, 9.17) is 0 Å². The Morgan fingerprint density at radius 3 is 3.04 bits per heavy atom. The molecular weight excluding hydrogens is 320 g/mol. The van der Waals surface area contributed by atoms with Gasteiger partial charge in [-0.15, -0.1) is 0 Å². The van der Waals surface area contributed by atoms with Crippen LogP contribution < -0.4 is 0 Å². The average molecular weight is 336 g/mol. The van der Waals surface area contributed by atoms with Crippen molar-refractivity contribution in [1.29, 1.82) is 0 Å².